The molecule has 1 heterocycles. The molecule has 1 aromatic heterocycles. The van der Waals surface area contributed by atoms with E-state index >= 15 is 0 Å². The quantitative estimate of drug-likeness (QED) is 0.824. The summed E-state index contributed by atoms with van der Waals surface area (Å²) in [6.45, 7) is 9.89. The van der Waals surface area contributed by atoms with Crippen molar-refractivity contribution in [1.29, 1.82) is 0 Å². The monoisotopic (exact) mass is 207 g/mol. The number of nitrogens with one attached hydrogen (secondary N) is 1. The van der Waals surface area contributed by atoms with Crippen LogP contribution in [0.1, 0.15) is 45.7 Å². The lowest BCUT2D eigenvalue weighted by atomic mass is 9.83. The third-order valence-corrected chi connectivity index (χ3v) is 2.38. The molecule has 84 valence electrons. The molecule has 0 aromatic carbocycles. The predicted octanol–water partition coefficient (Wildman–Crippen LogP) is 2.56. The third kappa shape index (κ3) is 3.59. The highest BCUT2D eigenvalue weighted by molar-refractivity contribution is 5.12. The first-order valence-corrected chi connectivity index (χ1v) is 5.54. The zero-order valence-corrected chi connectivity index (χ0v) is 10.1. The normalized spacial score (nSPS) is 13.9. The molecule has 0 fully saturated rings. The average Bonchev–Trinajstić information content (AvgIpc) is 2.18. The molecule has 0 radical (unpaired) electrons. The minimum Gasteiger partial charge on any atom is -0.309 e. The maximum Gasteiger partial charge on any atom is 0.115 e. The molecular weight excluding hydrogens is 186 g/mol. The first-order chi connectivity index (χ1) is 7.05. The van der Waals surface area contributed by atoms with E-state index in [1.807, 2.05) is 12.4 Å². The highest BCUT2D eigenvalue weighted by Gasteiger charge is 2.25. The molecule has 0 saturated carbocycles. The summed E-state index contributed by atoms with van der Waals surface area (Å²) in [4.78, 5) is 8.15. The number of nitrogens with zero attached hydrogens (tertiary/aromatic N) is 2. The van der Waals surface area contributed by atoms with E-state index in [0.717, 1.165) is 13.0 Å². The Morgan fingerprint density at radius 3 is 2.33 bits per heavy atom. The highest BCUT2D eigenvalue weighted by atomic mass is 14.9. The van der Waals surface area contributed by atoms with Crippen molar-refractivity contribution in [2.45, 2.75) is 40.2 Å². The Morgan fingerprint density at radius 2 is 1.87 bits per heavy atom. The average molecular weight is 207 g/mol. The van der Waals surface area contributed by atoms with Crippen molar-refractivity contribution in [3.8, 4) is 0 Å². The fraction of sp³-hybridized carbons (Fsp3) is 0.667. The van der Waals surface area contributed by atoms with Crippen molar-refractivity contribution in [1.82, 2.24) is 15.3 Å². The maximum absolute atomic E-state index is 4.08. The van der Waals surface area contributed by atoms with Gasteiger partial charge < -0.3 is 5.32 Å². The van der Waals surface area contributed by atoms with E-state index in [9.17, 15) is 0 Å². The van der Waals surface area contributed by atoms with Gasteiger partial charge in [-0.1, -0.05) is 27.7 Å². The lowest BCUT2D eigenvalue weighted by Crippen LogP contribution is -2.33. The maximum atomic E-state index is 4.08. The van der Waals surface area contributed by atoms with E-state index in [1.165, 1.54) is 5.56 Å². The topological polar surface area (TPSA) is 37.8 Å². The van der Waals surface area contributed by atoms with E-state index in [2.05, 4.69) is 43.0 Å². The van der Waals surface area contributed by atoms with Gasteiger partial charge in [0.05, 0.1) is 0 Å². The summed E-state index contributed by atoms with van der Waals surface area (Å²) in [5.74, 6) is 0. The van der Waals surface area contributed by atoms with Crippen molar-refractivity contribution < 1.29 is 0 Å². The van der Waals surface area contributed by atoms with E-state index in [-0.39, 0.29) is 5.41 Å². The minimum atomic E-state index is 0.180. The van der Waals surface area contributed by atoms with Crippen LogP contribution in [0, 0.1) is 5.41 Å². The van der Waals surface area contributed by atoms with Crippen LogP contribution in [0.5, 0.6) is 0 Å². The van der Waals surface area contributed by atoms with E-state index in [1.54, 1.807) is 6.33 Å². The summed E-state index contributed by atoms with van der Waals surface area (Å²) in [5.41, 5.74) is 1.35. The Bertz CT molecular complexity index is 277. The molecule has 15 heavy (non-hydrogen) atoms. The first kappa shape index (κ1) is 12.1. The second-order valence-electron chi connectivity index (χ2n) is 4.92. The van der Waals surface area contributed by atoms with Gasteiger partial charge >= 0.3 is 0 Å². The zero-order valence-electron chi connectivity index (χ0n) is 10.1. The molecule has 1 aromatic rings. The molecule has 0 aliphatic heterocycles. The van der Waals surface area contributed by atoms with Crippen LogP contribution in [-0.2, 0) is 0 Å². The van der Waals surface area contributed by atoms with Gasteiger partial charge in [0.2, 0.25) is 0 Å². The van der Waals surface area contributed by atoms with Crippen molar-refractivity contribution in [2.24, 2.45) is 5.41 Å². The van der Waals surface area contributed by atoms with Gasteiger partial charge in [-0.15, -0.1) is 0 Å². The molecule has 1 rings (SSSR count). The SMILES string of the molecule is CCCNC(c1cncnc1)C(C)(C)C. The standard InChI is InChI=1S/C12H21N3/c1-5-6-15-11(12(2,3)4)10-7-13-9-14-8-10/h7-9,11,15H,5-6H2,1-4H3. The summed E-state index contributed by atoms with van der Waals surface area (Å²) >= 11 is 0. The van der Waals surface area contributed by atoms with Crippen molar-refractivity contribution in [2.75, 3.05) is 6.54 Å². The Morgan fingerprint density at radius 1 is 1.27 bits per heavy atom. The van der Waals surface area contributed by atoms with E-state index < -0.39 is 0 Å². The van der Waals surface area contributed by atoms with Crippen LogP contribution in [0.25, 0.3) is 0 Å². The van der Waals surface area contributed by atoms with Crippen LogP contribution >= 0.6 is 0 Å². The Labute approximate surface area is 92.3 Å². The summed E-state index contributed by atoms with van der Waals surface area (Å²) in [6.07, 6.45) is 6.50. The van der Waals surface area contributed by atoms with Gasteiger partial charge in [-0.3, -0.25) is 0 Å². The second-order valence-corrected chi connectivity index (χ2v) is 4.92. The summed E-state index contributed by atoms with van der Waals surface area (Å²) in [7, 11) is 0. The van der Waals surface area contributed by atoms with Gasteiger partial charge in [-0.25, -0.2) is 9.97 Å². The lowest BCUT2D eigenvalue weighted by Gasteiger charge is -2.31. The number of hydrogen-bond acceptors (Lipinski definition) is 3. The van der Waals surface area contributed by atoms with Crippen LogP contribution in [0.15, 0.2) is 18.7 Å². The van der Waals surface area contributed by atoms with E-state index in [0.29, 0.717) is 6.04 Å². The van der Waals surface area contributed by atoms with Crippen LogP contribution in [0.3, 0.4) is 0 Å². The van der Waals surface area contributed by atoms with Crippen LogP contribution in [-0.4, -0.2) is 16.5 Å². The molecule has 0 aliphatic carbocycles. The van der Waals surface area contributed by atoms with Crippen molar-refractivity contribution in [3.63, 3.8) is 0 Å². The number of aromatic nitrogens is 2. The van der Waals surface area contributed by atoms with Gasteiger partial charge in [-0.05, 0) is 18.4 Å². The molecule has 1 unspecified atom stereocenters. The van der Waals surface area contributed by atoms with Crippen LogP contribution in [0.4, 0.5) is 0 Å². The Hall–Kier alpha value is -0.960. The van der Waals surface area contributed by atoms with Crippen molar-refractivity contribution >= 4 is 0 Å². The molecular formula is C12H21N3. The van der Waals surface area contributed by atoms with Crippen LogP contribution in [0.2, 0.25) is 0 Å². The first-order valence-electron chi connectivity index (χ1n) is 5.54. The summed E-state index contributed by atoms with van der Waals surface area (Å²) in [6, 6.07) is 0.318. The van der Waals surface area contributed by atoms with Gasteiger partial charge in [0.15, 0.2) is 0 Å². The predicted molar refractivity (Wildman–Crippen MR) is 62.5 cm³/mol. The van der Waals surface area contributed by atoms with Crippen LogP contribution < -0.4 is 5.32 Å². The molecule has 0 saturated heterocycles. The number of hydrogen-bond donors (Lipinski definition) is 1. The Kier molecular flexibility index (Phi) is 4.21. The van der Waals surface area contributed by atoms with Gasteiger partial charge in [0.25, 0.3) is 0 Å². The second kappa shape index (κ2) is 5.21. The molecule has 3 heteroatoms. The third-order valence-electron chi connectivity index (χ3n) is 2.38. The molecule has 1 N–H and O–H groups in total. The lowest BCUT2D eigenvalue weighted by molar-refractivity contribution is 0.272. The zero-order chi connectivity index (χ0) is 11.3. The largest absolute Gasteiger partial charge is 0.309 e. The van der Waals surface area contributed by atoms with Gasteiger partial charge in [-0.2, -0.15) is 0 Å². The van der Waals surface area contributed by atoms with Crippen molar-refractivity contribution in [3.05, 3.63) is 24.3 Å². The smallest absolute Gasteiger partial charge is 0.115 e. The van der Waals surface area contributed by atoms with Gasteiger partial charge in [0, 0.05) is 24.0 Å². The molecule has 0 bridgehead atoms. The minimum absolute atomic E-state index is 0.180. The van der Waals surface area contributed by atoms with Gasteiger partial charge in [0.1, 0.15) is 6.33 Å². The Balaban J connectivity index is 2.82. The molecule has 0 spiro atoms. The van der Waals surface area contributed by atoms with E-state index in [4.69, 9.17) is 0 Å². The molecule has 0 aliphatic rings. The number of rotatable bonds is 4. The molecule has 3 nitrogen and oxygen atoms in total. The summed E-state index contributed by atoms with van der Waals surface area (Å²) < 4.78 is 0. The highest BCUT2D eigenvalue weighted by Crippen LogP contribution is 2.31. The molecule has 0 amide bonds. The fourth-order valence-corrected chi connectivity index (χ4v) is 1.67. The fourth-order valence-electron chi connectivity index (χ4n) is 1.67. The summed E-state index contributed by atoms with van der Waals surface area (Å²) in [5, 5.41) is 3.55. The molecule has 1 atom stereocenters.